The Hall–Kier alpha value is -0.800. The molecule has 2 N–H and O–H groups in total. The molecule has 0 spiro atoms. The minimum absolute atomic E-state index is 0.209. The average Bonchev–Trinajstić information content (AvgIpc) is 2.61. The van der Waals surface area contributed by atoms with Crippen LogP contribution in [0.4, 0.5) is 0 Å². The van der Waals surface area contributed by atoms with E-state index in [1.54, 1.807) is 0 Å². The van der Waals surface area contributed by atoms with Gasteiger partial charge in [0, 0.05) is 25.5 Å². The molecule has 1 aromatic heterocycles. The summed E-state index contributed by atoms with van der Waals surface area (Å²) in [6.45, 7) is 5.01. The molecule has 0 bridgehead atoms. The highest BCUT2D eigenvalue weighted by Crippen LogP contribution is 2.21. The van der Waals surface area contributed by atoms with Gasteiger partial charge in [0.25, 0.3) is 0 Å². The lowest BCUT2D eigenvalue weighted by atomic mass is 10.0. The predicted molar refractivity (Wildman–Crippen MR) is 55.9 cm³/mol. The zero-order valence-electron chi connectivity index (χ0n) is 8.85. The van der Waals surface area contributed by atoms with Crippen molar-refractivity contribution in [3.8, 4) is 0 Å². The van der Waals surface area contributed by atoms with Gasteiger partial charge in [0.1, 0.15) is 0 Å². The molecule has 0 aromatic carbocycles. The highest BCUT2D eigenvalue weighted by Gasteiger charge is 2.12. The number of rotatable bonds is 5. The second kappa shape index (κ2) is 5.17. The first-order valence-electron chi connectivity index (χ1n) is 5.09. The Balaban J connectivity index is 2.58. The van der Waals surface area contributed by atoms with Crippen LogP contribution in [0.5, 0.6) is 0 Å². The topological polar surface area (TPSA) is 45.4 Å². The largest absolute Gasteiger partial charge is 0.396 e. The van der Waals surface area contributed by atoms with Gasteiger partial charge < -0.3 is 14.8 Å². The van der Waals surface area contributed by atoms with Crippen LogP contribution >= 0.6 is 0 Å². The number of aliphatic hydroxyl groups is 2. The third-order valence-corrected chi connectivity index (χ3v) is 2.32. The average molecular weight is 197 g/mol. The molecule has 1 rings (SSSR count). The lowest BCUT2D eigenvalue weighted by Crippen LogP contribution is -2.04. The van der Waals surface area contributed by atoms with Crippen LogP contribution in [0.2, 0.25) is 0 Å². The first-order valence-corrected chi connectivity index (χ1v) is 5.09. The Morgan fingerprint density at radius 3 is 2.71 bits per heavy atom. The summed E-state index contributed by atoms with van der Waals surface area (Å²) in [5, 5.41) is 18.4. The van der Waals surface area contributed by atoms with Gasteiger partial charge in [0.2, 0.25) is 0 Å². The van der Waals surface area contributed by atoms with Crippen LogP contribution in [0.3, 0.4) is 0 Å². The molecular weight excluding hydrogens is 178 g/mol. The monoisotopic (exact) mass is 197 g/mol. The van der Waals surface area contributed by atoms with Crippen molar-refractivity contribution >= 4 is 0 Å². The van der Waals surface area contributed by atoms with E-state index < -0.39 is 0 Å². The molecular formula is C11H19NO2. The zero-order chi connectivity index (χ0) is 10.6. The Bertz CT molecular complexity index is 268. The van der Waals surface area contributed by atoms with E-state index in [-0.39, 0.29) is 18.6 Å². The van der Waals surface area contributed by atoms with Crippen LogP contribution < -0.4 is 0 Å². The first-order chi connectivity index (χ1) is 6.65. The van der Waals surface area contributed by atoms with Gasteiger partial charge in [-0.1, -0.05) is 13.8 Å². The SMILES string of the molecule is CC(C)C(O)c1ccn(CCCO)c1. The number of nitrogens with zero attached hydrogens (tertiary/aromatic N) is 1. The molecule has 0 aliphatic heterocycles. The number of aliphatic hydroxyl groups excluding tert-OH is 2. The van der Waals surface area contributed by atoms with Gasteiger partial charge in [-0.3, -0.25) is 0 Å². The number of hydrogen-bond acceptors (Lipinski definition) is 2. The third-order valence-electron chi connectivity index (χ3n) is 2.32. The van der Waals surface area contributed by atoms with Crippen LogP contribution in [0.15, 0.2) is 18.5 Å². The molecule has 0 aliphatic rings. The molecule has 0 saturated heterocycles. The van der Waals surface area contributed by atoms with Crippen LogP contribution in [0, 0.1) is 5.92 Å². The normalized spacial score (nSPS) is 13.5. The van der Waals surface area contributed by atoms with Gasteiger partial charge in [-0.05, 0) is 24.0 Å². The van der Waals surface area contributed by atoms with Gasteiger partial charge in [-0.15, -0.1) is 0 Å². The van der Waals surface area contributed by atoms with Crippen molar-refractivity contribution in [2.24, 2.45) is 5.92 Å². The van der Waals surface area contributed by atoms with Crippen molar-refractivity contribution in [2.75, 3.05) is 6.61 Å². The van der Waals surface area contributed by atoms with E-state index in [0.717, 1.165) is 18.5 Å². The summed E-state index contributed by atoms with van der Waals surface area (Å²) in [5.41, 5.74) is 0.956. The molecule has 3 nitrogen and oxygen atoms in total. The van der Waals surface area contributed by atoms with Crippen molar-refractivity contribution in [3.05, 3.63) is 24.0 Å². The molecule has 0 fully saturated rings. The summed E-state index contributed by atoms with van der Waals surface area (Å²) in [6, 6.07) is 1.93. The Labute approximate surface area is 85.0 Å². The lowest BCUT2D eigenvalue weighted by molar-refractivity contribution is 0.127. The van der Waals surface area contributed by atoms with Gasteiger partial charge >= 0.3 is 0 Å². The number of aryl methyl sites for hydroxylation is 1. The van der Waals surface area contributed by atoms with Gasteiger partial charge in [-0.25, -0.2) is 0 Å². The maximum atomic E-state index is 9.77. The second-order valence-corrected chi connectivity index (χ2v) is 3.95. The summed E-state index contributed by atoms with van der Waals surface area (Å²) in [7, 11) is 0. The lowest BCUT2D eigenvalue weighted by Gasteiger charge is -2.12. The van der Waals surface area contributed by atoms with E-state index in [4.69, 9.17) is 5.11 Å². The first kappa shape index (κ1) is 11.3. The molecule has 0 amide bonds. The number of hydrogen-bond donors (Lipinski definition) is 2. The standard InChI is InChI=1S/C11H19NO2/c1-9(2)11(14)10-4-6-12(8-10)5-3-7-13/h4,6,8-9,11,13-14H,3,5,7H2,1-2H3. The molecule has 1 unspecified atom stereocenters. The Kier molecular flexibility index (Phi) is 4.17. The smallest absolute Gasteiger partial charge is 0.0827 e. The van der Waals surface area contributed by atoms with Crippen LogP contribution in [-0.2, 0) is 6.54 Å². The fourth-order valence-electron chi connectivity index (χ4n) is 1.41. The van der Waals surface area contributed by atoms with Crippen LogP contribution in [0.25, 0.3) is 0 Å². The van der Waals surface area contributed by atoms with Gasteiger partial charge in [0.15, 0.2) is 0 Å². The summed E-state index contributed by atoms with van der Waals surface area (Å²) in [4.78, 5) is 0. The van der Waals surface area contributed by atoms with Gasteiger partial charge in [-0.2, -0.15) is 0 Å². The zero-order valence-corrected chi connectivity index (χ0v) is 8.85. The minimum atomic E-state index is -0.384. The Morgan fingerprint density at radius 1 is 1.43 bits per heavy atom. The maximum Gasteiger partial charge on any atom is 0.0827 e. The molecule has 14 heavy (non-hydrogen) atoms. The fourth-order valence-corrected chi connectivity index (χ4v) is 1.41. The van der Waals surface area contributed by atoms with Crippen molar-refractivity contribution < 1.29 is 10.2 Å². The van der Waals surface area contributed by atoms with Crippen molar-refractivity contribution in [1.29, 1.82) is 0 Å². The van der Waals surface area contributed by atoms with E-state index >= 15 is 0 Å². The quantitative estimate of drug-likeness (QED) is 0.752. The predicted octanol–water partition coefficient (Wildman–Crippen LogP) is 1.56. The molecule has 80 valence electrons. The second-order valence-electron chi connectivity index (χ2n) is 3.95. The van der Waals surface area contributed by atoms with E-state index in [2.05, 4.69) is 0 Å². The number of aromatic nitrogens is 1. The van der Waals surface area contributed by atoms with E-state index in [0.29, 0.717) is 0 Å². The van der Waals surface area contributed by atoms with Crippen LogP contribution in [-0.4, -0.2) is 21.4 Å². The molecule has 1 aromatic rings. The minimum Gasteiger partial charge on any atom is -0.396 e. The van der Waals surface area contributed by atoms with Crippen molar-refractivity contribution in [1.82, 2.24) is 4.57 Å². The van der Waals surface area contributed by atoms with Crippen molar-refractivity contribution in [3.63, 3.8) is 0 Å². The van der Waals surface area contributed by atoms with E-state index in [1.807, 2.05) is 36.9 Å². The highest BCUT2D eigenvalue weighted by molar-refractivity contribution is 5.13. The third kappa shape index (κ3) is 2.86. The summed E-state index contributed by atoms with van der Waals surface area (Å²) >= 11 is 0. The molecule has 3 heteroatoms. The molecule has 1 heterocycles. The molecule has 0 aliphatic carbocycles. The maximum absolute atomic E-state index is 9.77. The molecule has 1 atom stereocenters. The Morgan fingerprint density at radius 2 is 2.14 bits per heavy atom. The molecule has 0 saturated carbocycles. The van der Waals surface area contributed by atoms with E-state index in [9.17, 15) is 5.11 Å². The van der Waals surface area contributed by atoms with Crippen LogP contribution in [0.1, 0.15) is 31.9 Å². The summed E-state index contributed by atoms with van der Waals surface area (Å²) in [6.07, 6.45) is 4.26. The summed E-state index contributed by atoms with van der Waals surface area (Å²) < 4.78 is 2.00. The molecule has 0 radical (unpaired) electrons. The fraction of sp³-hybridized carbons (Fsp3) is 0.636. The van der Waals surface area contributed by atoms with Crippen molar-refractivity contribution in [2.45, 2.75) is 32.9 Å². The highest BCUT2D eigenvalue weighted by atomic mass is 16.3. The summed E-state index contributed by atoms with van der Waals surface area (Å²) in [5.74, 6) is 0.240. The van der Waals surface area contributed by atoms with Gasteiger partial charge in [0.05, 0.1) is 6.10 Å². The van der Waals surface area contributed by atoms with E-state index in [1.165, 1.54) is 0 Å².